The van der Waals surface area contributed by atoms with E-state index in [-0.39, 0.29) is 20.4 Å². The Morgan fingerprint density at radius 2 is 2.00 bits per heavy atom. The second-order valence-corrected chi connectivity index (χ2v) is 3.26. The summed E-state index contributed by atoms with van der Waals surface area (Å²) in [5, 5.41) is 0. The molecule has 0 aliphatic carbocycles. The van der Waals surface area contributed by atoms with Crippen molar-refractivity contribution in [3.05, 3.63) is 54.6 Å². The summed E-state index contributed by atoms with van der Waals surface area (Å²) < 4.78 is 0. The van der Waals surface area contributed by atoms with E-state index in [1.807, 2.05) is 25.2 Å². The second-order valence-electron chi connectivity index (χ2n) is 3.26. The molecule has 1 nitrogen and oxygen atoms in total. The molecule has 0 bridgehead atoms. The van der Waals surface area contributed by atoms with Crippen LogP contribution in [0.1, 0.15) is 5.56 Å². The van der Waals surface area contributed by atoms with Gasteiger partial charge in [0.05, 0.1) is 0 Å². The molecule has 0 fully saturated rings. The van der Waals surface area contributed by atoms with E-state index in [4.69, 9.17) is 0 Å². The van der Waals surface area contributed by atoms with Gasteiger partial charge >= 0.3 is 0 Å². The fourth-order valence-corrected chi connectivity index (χ4v) is 1.19. The van der Waals surface area contributed by atoms with Gasteiger partial charge in [-0.3, -0.25) is 6.58 Å². The summed E-state index contributed by atoms with van der Waals surface area (Å²) >= 11 is 0. The average Bonchev–Trinajstić information content (AvgIpc) is 2.20. The third kappa shape index (κ3) is 6.41. The molecule has 0 spiro atoms. The maximum Gasteiger partial charge on any atom is 0.0136 e. The van der Waals surface area contributed by atoms with Gasteiger partial charge in [0.15, 0.2) is 0 Å². The van der Waals surface area contributed by atoms with E-state index in [0.717, 1.165) is 13.1 Å². The van der Waals surface area contributed by atoms with Gasteiger partial charge in [-0.15, -0.1) is 6.54 Å². The van der Waals surface area contributed by atoms with Gasteiger partial charge in [-0.05, 0) is 12.6 Å². The minimum atomic E-state index is 0. The third-order valence-electron chi connectivity index (χ3n) is 1.91. The molecular formula is C13H16NRe-. The zero-order valence-corrected chi connectivity index (χ0v) is 11.7. The molecule has 0 heterocycles. The van der Waals surface area contributed by atoms with Crippen LogP contribution in [0, 0.1) is 6.08 Å². The summed E-state index contributed by atoms with van der Waals surface area (Å²) in [6.45, 7) is 5.31. The van der Waals surface area contributed by atoms with Gasteiger partial charge in [0.25, 0.3) is 0 Å². The standard InChI is InChI=1S/C13H16N.Re/c1-3-11-14(2)12-7-10-13-8-5-4-6-9-13;/h4-10H,1,11-12H2,2H3;/q-1;. The number of hydrogen-bond acceptors (Lipinski definition) is 1. The van der Waals surface area contributed by atoms with Crippen LogP contribution in [-0.2, 0) is 20.4 Å². The molecule has 0 aliphatic heterocycles. The topological polar surface area (TPSA) is 3.24 Å². The van der Waals surface area contributed by atoms with Crippen LogP contribution in [0.2, 0.25) is 0 Å². The first-order chi connectivity index (χ1) is 6.83. The number of benzene rings is 1. The summed E-state index contributed by atoms with van der Waals surface area (Å²) in [4.78, 5) is 2.15. The normalized spacial score (nSPS) is 10.3. The van der Waals surface area contributed by atoms with Crippen molar-refractivity contribution in [1.29, 1.82) is 0 Å². The SMILES string of the molecule is C=[C-]CN(C)CC=Cc1ccccc1.[Re]. The zero-order chi connectivity index (χ0) is 10.2. The Labute approximate surface area is 106 Å². The van der Waals surface area contributed by atoms with E-state index in [2.05, 4.69) is 41.8 Å². The Kier molecular flexibility index (Phi) is 8.23. The predicted octanol–water partition coefficient (Wildman–Crippen LogP) is 2.62. The first kappa shape index (κ1) is 14.3. The van der Waals surface area contributed by atoms with Crippen LogP contribution in [0.5, 0.6) is 0 Å². The molecule has 0 aliphatic rings. The molecule has 0 atom stereocenters. The number of likely N-dealkylation sites (N-methyl/N-ethyl adjacent to an activating group) is 1. The predicted molar refractivity (Wildman–Crippen MR) is 61.8 cm³/mol. The Morgan fingerprint density at radius 3 is 2.60 bits per heavy atom. The quantitative estimate of drug-likeness (QED) is 0.719. The Morgan fingerprint density at radius 1 is 1.33 bits per heavy atom. The van der Waals surface area contributed by atoms with Crippen LogP contribution in [0.25, 0.3) is 6.08 Å². The van der Waals surface area contributed by atoms with E-state index in [9.17, 15) is 0 Å². The van der Waals surface area contributed by atoms with E-state index in [1.165, 1.54) is 5.56 Å². The Bertz CT molecular complexity index is 293. The van der Waals surface area contributed by atoms with Gasteiger partial charge < -0.3 is 11.0 Å². The summed E-state index contributed by atoms with van der Waals surface area (Å²) in [5.41, 5.74) is 1.24. The molecule has 1 rings (SSSR count). The molecular weight excluding hydrogens is 356 g/mol. The molecule has 0 unspecified atom stereocenters. The molecule has 0 N–H and O–H groups in total. The van der Waals surface area contributed by atoms with Gasteiger partial charge in [-0.1, -0.05) is 42.5 Å². The van der Waals surface area contributed by atoms with Crippen molar-refractivity contribution in [3.8, 4) is 0 Å². The van der Waals surface area contributed by atoms with Crippen molar-refractivity contribution >= 4 is 6.08 Å². The molecule has 0 saturated carbocycles. The molecule has 0 aromatic heterocycles. The van der Waals surface area contributed by atoms with E-state index in [1.54, 1.807) is 0 Å². The first-order valence-electron chi connectivity index (χ1n) is 4.73. The van der Waals surface area contributed by atoms with Crippen molar-refractivity contribution in [2.45, 2.75) is 0 Å². The van der Waals surface area contributed by atoms with Gasteiger partial charge in [-0.25, -0.2) is 0 Å². The minimum Gasteiger partial charge on any atom is -0.489 e. The first-order valence-corrected chi connectivity index (χ1v) is 4.73. The van der Waals surface area contributed by atoms with Crippen molar-refractivity contribution < 1.29 is 20.4 Å². The molecule has 15 heavy (non-hydrogen) atoms. The number of nitrogens with zero attached hydrogens (tertiary/aromatic N) is 1. The van der Waals surface area contributed by atoms with Gasteiger partial charge in [0.1, 0.15) is 0 Å². The van der Waals surface area contributed by atoms with Crippen LogP contribution >= 0.6 is 0 Å². The molecule has 0 amide bonds. The smallest absolute Gasteiger partial charge is 0.0136 e. The van der Waals surface area contributed by atoms with E-state index >= 15 is 0 Å². The number of rotatable bonds is 5. The summed E-state index contributed by atoms with van der Waals surface area (Å²) in [7, 11) is 2.05. The molecule has 1 aromatic carbocycles. The fraction of sp³-hybridized carbons (Fsp3) is 0.231. The fourth-order valence-electron chi connectivity index (χ4n) is 1.19. The Balaban J connectivity index is 0.00000196. The van der Waals surface area contributed by atoms with E-state index < -0.39 is 0 Å². The Hall–Kier alpha value is -0.678. The maximum absolute atomic E-state index is 3.58. The minimum absolute atomic E-state index is 0. The van der Waals surface area contributed by atoms with Crippen molar-refractivity contribution in [1.82, 2.24) is 4.90 Å². The summed E-state index contributed by atoms with van der Waals surface area (Å²) in [6, 6.07) is 10.3. The van der Waals surface area contributed by atoms with Crippen molar-refractivity contribution in [3.63, 3.8) is 0 Å². The molecule has 1 radical (unpaired) electrons. The van der Waals surface area contributed by atoms with Crippen LogP contribution in [0.15, 0.2) is 43.0 Å². The van der Waals surface area contributed by atoms with Gasteiger partial charge in [-0.2, -0.15) is 0 Å². The zero-order valence-electron chi connectivity index (χ0n) is 8.99. The maximum atomic E-state index is 3.58. The average molecular weight is 372 g/mol. The van der Waals surface area contributed by atoms with Gasteiger partial charge in [0.2, 0.25) is 0 Å². The molecule has 81 valence electrons. The second kappa shape index (κ2) is 8.62. The largest absolute Gasteiger partial charge is 0.489 e. The molecule has 1 aromatic rings. The molecule has 2 heteroatoms. The van der Waals surface area contributed by atoms with Crippen LogP contribution in [0.4, 0.5) is 0 Å². The third-order valence-corrected chi connectivity index (χ3v) is 1.91. The van der Waals surface area contributed by atoms with Crippen LogP contribution < -0.4 is 0 Å². The van der Waals surface area contributed by atoms with Crippen molar-refractivity contribution in [2.75, 3.05) is 20.1 Å². The summed E-state index contributed by atoms with van der Waals surface area (Å²) in [6.07, 6.45) is 7.13. The van der Waals surface area contributed by atoms with Gasteiger partial charge in [0, 0.05) is 27.0 Å². The van der Waals surface area contributed by atoms with Crippen molar-refractivity contribution in [2.24, 2.45) is 0 Å². The number of hydrogen-bond donors (Lipinski definition) is 0. The molecule has 0 saturated heterocycles. The monoisotopic (exact) mass is 373 g/mol. The summed E-state index contributed by atoms with van der Waals surface area (Å²) in [5.74, 6) is 0. The van der Waals surface area contributed by atoms with E-state index in [0.29, 0.717) is 0 Å². The van der Waals surface area contributed by atoms with Crippen LogP contribution in [-0.4, -0.2) is 25.0 Å². The van der Waals surface area contributed by atoms with Crippen LogP contribution in [0.3, 0.4) is 0 Å².